The number of aliphatic hydroxyl groups is 1. The van der Waals surface area contributed by atoms with Crippen LogP contribution in [0.5, 0.6) is 0 Å². The number of thiocarbonyl (C=S) groups is 1. The van der Waals surface area contributed by atoms with Crippen molar-refractivity contribution in [2.24, 2.45) is 0 Å². The third kappa shape index (κ3) is 6.57. The summed E-state index contributed by atoms with van der Waals surface area (Å²) in [6, 6.07) is 0. The van der Waals surface area contributed by atoms with Gasteiger partial charge in [0.1, 0.15) is 0 Å². The Labute approximate surface area is 67.6 Å². The molecule has 0 rings (SSSR count). The molecule has 4 heteroatoms. The van der Waals surface area contributed by atoms with Crippen molar-refractivity contribution in [3.63, 3.8) is 0 Å². The van der Waals surface area contributed by atoms with Crippen molar-refractivity contribution in [3.8, 4) is 0 Å². The van der Waals surface area contributed by atoms with Gasteiger partial charge in [-0.25, -0.2) is 0 Å². The zero-order valence-corrected chi connectivity index (χ0v) is 10.8. The Balaban J connectivity index is 0. The van der Waals surface area contributed by atoms with E-state index < -0.39 is 0 Å². The van der Waals surface area contributed by atoms with Gasteiger partial charge >= 0.3 is 26.2 Å². The molecule has 7 heavy (non-hydrogen) atoms. The Morgan fingerprint density at radius 1 is 1.57 bits per heavy atom. The van der Waals surface area contributed by atoms with E-state index in [0.717, 1.165) is 0 Å². The first-order valence-electron chi connectivity index (χ1n) is 1.55. The fourth-order valence-electron chi connectivity index (χ4n) is 0. The predicted octanol–water partition coefficient (Wildman–Crippen LogP) is -0.793. The molecular formula is C3H10BiNOS. The van der Waals surface area contributed by atoms with Crippen LogP contribution < -0.4 is 0 Å². The Bertz CT molecular complexity index is 66.0. The summed E-state index contributed by atoms with van der Waals surface area (Å²) in [5.74, 6) is 0. The zero-order chi connectivity index (χ0) is 5.15. The van der Waals surface area contributed by atoms with E-state index in [1.54, 1.807) is 14.1 Å². The summed E-state index contributed by atoms with van der Waals surface area (Å²) in [5.41, 5.74) is 0. The molecule has 0 aliphatic heterocycles. The SMILES string of the molecule is CN(C)C(O)=S.[BiH3]. The van der Waals surface area contributed by atoms with Crippen LogP contribution >= 0.6 is 12.2 Å². The van der Waals surface area contributed by atoms with E-state index in [9.17, 15) is 0 Å². The molecule has 0 heterocycles. The van der Waals surface area contributed by atoms with E-state index in [2.05, 4.69) is 12.2 Å². The molecule has 0 aliphatic carbocycles. The summed E-state index contributed by atoms with van der Waals surface area (Å²) in [4.78, 5) is 1.45. The maximum absolute atomic E-state index is 8.29. The molecule has 0 aromatic carbocycles. The van der Waals surface area contributed by atoms with Crippen LogP contribution in [0.25, 0.3) is 0 Å². The van der Waals surface area contributed by atoms with Crippen molar-refractivity contribution in [2.75, 3.05) is 14.1 Å². The van der Waals surface area contributed by atoms with Gasteiger partial charge in [-0.15, -0.1) is 0 Å². The number of rotatable bonds is 0. The summed E-state index contributed by atoms with van der Waals surface area (Å²) in [5, 5.41) is 8.21. The van der Waals surface area contributed by atoms with E-state index >= 15 is 0 Å². The van der Waals surface area contributed by atoms with Gasteiger partial charge in [0.25, 0.3) is 5.17 Å². The average Bonchev–Trinajstić information content (AvgIpc) is 1.36. The summed E-state index contributed by atoms with van der Waals surface area (Å²) < 4.78 is 0. The van der Waals surface area contributed by atoms with Crippen LogP contribution in [0.15, 0.2) is 0 Å². The average molecular weight is 317 g/mol. The van der Waals surface area contributed by atoms with E-state index in [4.69, 9.17) is 5.11 Å². The van der Waals surface area contributed by atoms with Crippen LogP contribution in [0.4, 0.5) is 0 Å². The van der Waals surface area contributed by atoms with Gasteiger partial charge in [-0.1, -0.05) is 0 Å². The standard InChI is InChI=1S/C3H7NOS.Bi.3H/c1-4(2)3(5)6;;;;/h1-2H3,(H,5,6);;;;. The van der Waals surface area contributed by atoms with E-state index in [0.29, 0.717) is 0 Å². The molecule has 0 unspecified atom stereocenters. The fourth-order valence-corrected chi connectivity index (χ4v) is 0. The first-order valence-corrected chi connectivity index (χ1v) is 1.95. The molecule has 0 amide bonds. The first kappa shape index (κ1) is 10.5. The molecule has 0 aromatic heterocycles. The van der Waals surface area contributed by atoms with Crippen molar-refractivity contribution >= 4 is 43.6 Å². The van der Waals surface area contributed by atoms with Crippen LogP contribution in [0.2, 0.25) is 0 Å². The fraction of sp³-hybridized carbons (Fsp3) is 0.667. The molecule has 0 aromatic rings. The molecule has 44 valence electrons. The molecule has 0 spiro atoms. The van der Waals surface area contributed by atoms with E-state index in [1.807, 2.05) is 0 Å². The topological polar surface area (TPSA) is 23.5 Å². The zero-order valence-electron chi connectivity index (χ0n) is 4.51. The van der Waals surface area contributed by atoms with Crippen molar-refractivity contribution in [1.82, 2.24) is 4.90 Å². The third-order valence-electron chi connectivity index (χ3n) is 0.383. The van der Waals surface area contributed by atoms with Crippen LogP contribution in [0.1, 0.15) is 0 Å². The van der Waals surface area contributed by atoms with Gasteiger partial charge in [0, 0.05) is 14.1 Å². The molecular weight excluding hydrogens is 307 g/mol. The Morgan fingerprint density at radius 3 is 1.71 bits per heavy atom. The van der Waals surface area contributed by atoms with Crippen molar-refractivity contribution in [1.29, 1.82) is 0 Å². The first-order chi connectivity index (χ1) is 2.64. The van der Waals surface area contributed by atoms with Gasteiger partial charge in [-0.2, -0.15) is 0 Å². The van der Waals surface area contributed by atoms with E-state index in [-0.39, 0.29) is 31.4 Å². The normalized spacial score (nSPS) is 6.57. The second-order valence-electron chi connectivity index (χ2n) is 1.18. The molecule has 2 nitrogen and oxygen atoms in total. The maximum atomic E-state index is 8.29. The van der Waals surface area contributed by atoms with Gasteiger partial charge in [0.15, 0.2) is 0 Å². The molecule has 0 bridgehead atoms. The summed E-state index contributed by atoms with van der Waals surface area (Å²) in [6.45, 7) is 0. The van der Waals surface area contributed by atoms with Gasteiger partial charge in [-0.05, 0) is 12.2 Å². The monoisotopic (exact) mass is 317 g/mol. The molecule has 1 N–H and O–H groups in total. The van der Waals surface area contributed by atoms with E-state index in [1.165, 1.54) is 4.90 Å². The Kier molecular flexibility index (Phi) is 7.11. The second kappa shape index (κ2) is 4.73. The number of nitrogens with zero attached hydrogens (tertiary/aromatic N) is 1. The third-order valence-corrected chi connectivity index (χ3v) is 0.748. The molecule has 0 saturated carbocycles. The second-order valence-corrected chi connectivity index (χ2v) is 1.54. The van der Waals surface area contributed by atoms with Crippen LogP contribution in [-0.2, 0) is 0 Å². The van der Waals surface area contributed by atoms with Gasteiger partial charge in [-0.3, -0.25) is 0 Å². The molecule has 0 aliphatic rings. The summed E-state index contributed by atoms with van der Waals surface area (Å²) >= 11 is 4.30. The molecule has 0 fully saturated rings. The predicted molar refractivity (Wildman–Crippen MR) is 38.9 cm³/mol. The number of hydrogen-bond acceptors (Lipinski definition) is 1. The molecule has 0 atom stereocenters. The van der Waals surface area contributed by atoms with Crippen LogP contribution in [-0.4, -0.2) is 55.5 Å². The van der Waals surface area contributed by atoms with Crippen molar-refractivity contribution in [3.05, 3.63) is 0 Å². The quantitative estimate of drug-likeness (QED) is 0.468. The Hall–Kier alpha value is 0.573. The molecule has 0 saturated heterocycles. The minimum absolute atomic E-state index is 0. The molecule has 0 radical (unpaired) electrons. The number of hydrogen-bond donors (Lipinski definition) is 1. The van der Waals surface area contributed by atoms with Crippen LogP contribution in [0.3, 0.4) is 0 Å². The minimum atomic E-state index is -0.0741. The number of aliphatic hydroxyl groups excluding tert-OH is 1. The summed E-state index contributed by atoms with van der Waals surface area (Å²) in [7, 11) is 3.37. The Morgan fingerprint density at radius 2 is 1.71 bits per heavy atom. The van der Waals surface area contributed by atoms with Crippen LogP contribution in [0, 0.1) is 0 Å². The van der Waals surface area contributed by atoms with Gasteiger partial charge in [0.2, 0.25) is 0 Å². The van der Waals surface area contributed by atoms with Crippen molar-refractivity contribution < 1.29 is 5.11 Å². The van der Waals surface area contributed by atoms with Crippen molar-refractivity contribution in [2.45, 2.75) is 0 Å². The van der Waals surface area contributed by atoms with Gasteiger partial charge in [0.05, 0.1) is 0 Å². The van der Waals surface area contributed by atoms with Gasteiger partial charge < -0.3 is 10.0 Å². The summed E-state index contributed by atoms with van der Waals surface area (Å²) in [6.07, 6.45) is 0.